The van der Waals surface area contributed by atoms with Crippen LogP contribution in [0.3, 0.4) is 0 Å². The van der Waals surface area contributed by atoms with Gasteiger partial charge in [-0.05, 0) is 74.4 Å². The predicted octanol–water partition coefficient (Wildman–Crippen LogP) is 5.32. The Morgan fingerprint density at radius 3 is 2.09 bits per heavy atom. The molecule has 1 saturated carbocycles. The third-order valence-corrected chi connectivity index (χ3v) is 5.41. The zero-order valence-electron chi connectivity index (χ0n) is 17.5. The standard InChI is InChI=1S/C25H22FN3O3/c1-3-21-16(2)27-15-12-22(21)32-20-10-8-19(9-11-20)29-24(31)25(13-14-25)23(30)28-18-6-4-17(26)5-7-18/h3-12,15H,1,13-14H2,2H3,(H,28,30)(H,29,31). The highest BCUT2D eigenvalue weighted by molar-refractivity contribution is 6.16. The molecule has 7 heteroatoms. The van der Waals surface area contributed by atoms with Gasteiger partial charge in [0.2, 0.25) is 11.8 Å². The fourth-order valence-electron chi connectivity index (χ4n) is 3.34. The van der Waals surface area contributed by atoms with Gasteiger partial charge in [0.05, 0.1) is 0 Å². The Hall–Kier alpha value is -4.00. The third-order valence-electron chi connectivity index (χ3n) is 5.41. The highest BCUT2D eigenvalue weighted by Gasteiger charge is 2.56. The molecule has 2 amide bonds. The number of aryl methyl sites for hydroxylation is 1. The van der Waals surface area contributed by atoms with Gasteiger partial charge >= 0.3 is 0 Å². The SMILES string of the molecule is C=Cc1c(Oc2ccc(NC(=O)C3(C(=O)Nc4ccc(F)cc4)CC3)cc2)ccnc1C. The van der Waals surface area contributed by atoms with Crippen LogP contribution in [-0.4, -0.2) is 16.8 Å². The summed E-state index contributed by atoms with van der Waals surface area (Å²) >= 11 is 0. The van der Waals surface area contributed by atoms with Crippen molar-refractivity contribution in [1.29, 1.82) is 0 Å². The lowest BCUT2D eigenvalue weighted by Crippen LogP contribution is -2.35. The summed E-state index contributed by atoms with van der Waals surface area (Å²) in [5.74, 6) is 0.0655. The Balaban J connectivity index is 1.40. The summed E-state index contributed by atoms with van der Waals surface area (Å²) in [6, 6.07) is 14.1. The van der Waals surface area contributed by atoms with Gasteiger partial charge < -0.3 is 15.4 Å². The Kier molecular flexibility index (Phi) is 5.73. The van der Waals surface area contributed by atoms with Crippen LogP contribution in [0, 0.1) is 18.2 Å². The Labute approximate surface area is 185 Å². The maximum Gasteiger partial charge on any atom is 0.240 e. The number of anilines is 2. The van der Waals surface area contributed by atoms with E-state index in [-0.39, 0.29) is 5.91 Å². The van der Waals surface area contributed by atoms with E-state index in [9.17, 15) is 14.0 Å². The van der Waals surface area contributed by atoms with Crippen molar-refractivity contribution in [2.75, 3.05) is 10.6 Å². The second-order valence-electron chi connectivity index (χ2n) is 7.64. The van der Waals surface area contributed by atoms with Crippen LogP contribution in [0.2, 0.25) is 0 Å². The first-order valence-electron chi connectivity index (χ1n) is 10.2. The minimum atomic E-state index is -1.11. The molecule has 1 fully saturated rings. The number of benzene rings is 2. The Morgan fingerprint density at radius 1 is 1.00 bits per heavy atom. The van der Waals surface area contributed by atoms with Crippen molar-refractivity contribution in [2.45, 2.75) is 19.8 Å². The summed E-state index contributed by atoms with van der Waals surface area (Å²) in [4.78, 5) is 29.7. The summed E-state index contributed by atoms with van der Waals surface area (Å²) in [5, 5.41) is 5.49. The van der Waals surface area contributed by atoms with E-state index in [2.05, 4.69) is 22.2 Å². The van der Waals surface area contributed by atoms with Gasteiger partial charge in [0, 0.05) is 28.8 Å². The number of halogens is 1. The second kappa shape index (κ2) is 8.63. The van der Waals surface area contributed by atoms with Gasteiger partial charge in [0.1, 0.15) is 22.7 Å². The van der Waals surface area contributed by atoms with Gasteiger partial charge in [-0.25, -0.2) is 4.39 Å². The van der Waals surface area contributed by atoms with Gasteiger partial charge in [0.15, 0.2) is 0 Å². The molecule has 162 valence electrons. The van der Waals surface area contributed by atoms with Crippen LogP contribution < -0.4 is 15.4 Å². The number of carbonyl (C=O) groups is 2. The van der Waals surface area contributed by atoms with E-state index in [4.69, 9.17) is 4.74 Å². The lowest BCUT2D eigenvalue weighted by atomic mass is 10.0. The molecule has 1 aliphatic rings. The van der Waals surface area contributed by atoms with E-state index in [1.54, 1.807) is 42.6 Å². The molecule has 32 heavy (non-hydrogen) atoms. The highest BCUT2D eigenvalue weighted by atomic mass is 19.1. The van der Waals surface area contributed by atoms with Crippen molar-refractivity contribution in [2.24, 2.45) is 5.41 Å². The maximum absolute atomic E-state index is 13.1. The molecule has 2 aromatic carbocycles. The average molecular weight is 431 g/mol. The average Bonchev–Trinajstić information content (AvgIpc) is 3.59. The molecule has 6 nitrogen and oxygen atoms in total. The topological polar surface area (TPSA) is 80.3 Å². The quantitative estimate of drug-likeness (QED) is 0.496. The number of hydrogen-bond donors (Lipinski definition) is 2. The van der Waals surface area contributed by atoms with Crippen molar-refractivity contribution in [3.8, 4) is 11.5 Å². The van der Waals surface area contributed by atoms with Crippen LogP contribution in [0.25, 0.3) is 6.08 Å². The molecule has 4 rings (SSSR count). The lowest BCUT2D eigenvalue weighted by Gasteiger charge is -2.16. The summed E-state index contributed by atoms with van der Waals surface area (Å²) < 4.78 is 19.0. The lowest BCUT2D eigenvalue weighted by molar-refractivity contribution is -0.131. The van der Waals surface area contributed by atoms with Gasteiger partial charge in [-0.1, -0.05) is 12.7 Å². The van der Waals surface area contributed by atoms with Crippen LogP contribution in [0.4, 0.5) is 15.8 Å². The summed E-state index contributed by atoms with van der Waals surface area (Å²) in [6.07, 6.45) is 4.27. The first-order valence-corrected chi connectivity index (χ1v) is 10.2. The predicted molar refractivity (Wildman–Crippen MR) is 121 cm³/mol. The molecule has 0 aliphatic heterocycles. The first-order chi connectivity index (χ1) is 15.4. The molecule has 0 bridgehead atoms. The number of amides is 2. The molecule has 0 atom stereocenters. The van der Waals surface area contributed by atoms with E-state index in [1.165, 1.54) is 24.3 Å². The molecule has 2 N–H and O–H groups in total. The minimum Gasteiger partial charge on any atom is -0.457 e. The zero-order chi connectivity index (χ0) is 22.7. The molecule has 0 saturated heterocycles. The zero-order valence-corrected chi connectivity index (χ0v) is 17.5. The number of hydrogen-bond acceptors (Lipinski definition) is 4. The number of ether oxygens (including phenoxy) is 1. The Bertz CT molecular complexity index is 1170. The number of rotatable bonds is 7. The van der Waals surface area contributed by atoms with E-state index < -0.39 is 17.1 Å². The van der Waals surface area contributed by atoms with Gasteiger partial charge in [-0.2, -0.15) is 0 Å². The van der Waals surface area contributed by atoms with Crippen molar-refractivity contribution < 1.29 is 18.7 Å². The van der Waals surface area contributed by atoms with Gasteiger partial charge in [-0.15, -0.1) is 0 Å². The fourth-order valence-corrected chi connectivity index (χ4v) is 3.34. The van der Waals surface area contributed by atoms with Crippen LogP contribution in [-0.2, 0) is 9.59 Å². The highest BCUT2D eigenvalue weighted by Crippen LogP contribution is 2.47. The van der Waals surface area contributed by atoms with E-state index >= 15 is 0 Å². The number of nitrogens with zero attached hydrogens (tertiary/aromatic N) is 1. The monoisotopic (exact) mass is 431 g/mol. The number of pyridine rings is 1. The van der Waals surface area contributed by atoms with E-state index in [0.717, 1.165) is 11.3 Å². The van der Waals surface area contributed by atoms with E-state index in [1.807, 2.05) is 6.92 Å². The molecule has 3 aromatic rings. The first kappa shape index (κ1) is 21.2. The minimum absolute atomic E-state index is 0.371. The van der Waals surface area contributed by atoms with Crippen LogP contribution in [0.1, 0.15) is 24.1 Å². The summed E-state index contributed by atoms with van der Waals surface area (Å²) in [5.41, 5.74) is 1.51. The molecule has 0 radical (unpaired) electrons. The summed E-state index contributed by atoms with van der Waals surface area (Å²) in [6.45, 7) is 5.67. The van der Waals surface area contributed by atoms with Gasteiger partial charge in [0.25, 0.3) is 0 Å². The largest absolute Gasteiger partial charge is 0.457 e. The smallest absolute Gasteiger partial charge is 0.240 e. The van der Waals surface area contributed by atoms with Crippen LogP contribution in [0.15, 0.2) is 67.4 Å². The van der Waals surface area contributed by atoms with Crippen molar-refractivity contribution in [3.63, 3.8) is 0 Å². The number of nitrogens with one attached hydrogen (secondary N) is 2. The molecule has 0 unspecified atom stereocenters. The van der Waals surface area contributed by atoms with Crippen molar-refractivity contribution >= 4 is 29.3 Å². The molecule has 1 aromatic heterocycles. The van der Waals surface area contributed by atoms with Crippen LogP contribution in [0.5, 0.6) is 11.5 Å². The van der Waals surface area contributed by atoms with Crippen molar-refractivity contribution in [1.82, 2.24) is 4.98 Å². The second-order valence-corrected chi connectivity index (χ2v) is 7.64. The van der Waals surface area contributed by atoms with Crippen molar-refractivity contribution in [3.05, 3.63) is 84.4 Å². The molecular formula is C25H22FN3O3. The van der Waals surface area contributed by atoms with Gasteiger partial charge in [-0.3, -0.25) is 14.6 Å². The van der Waals surface area contributed by atoms with E-state index in [0.29, 0.717) is 35.7 Å². The van der Waals surface area contributed by atoms with Crippen LogP contribution >= 0.6 is 0 Å². The number of aromatic nitrogens is 1. The molecular weight excluding hydrogens is 409 g/mol. The summed E-state index contributed by atoms with van der Waals surface area (Å²) in [7, 11) is 0. The molecule has 1 aliphatic carbocycles. The molecule has 1 heterocycles. The normalized spacial score (nSPS) is 13.7. The fraction of sp³-hybridized carbons (Fsp3) is 0.160. The number of carbonyl (C=O) groups excluding carboxylic acids is 2. The molecule has 0 spiro atoms. The maximum atomic E-state index is 13.1. The third kappa shape index (κ3) is 4.37. The Morgan fingerprint density at radius 2 is 1.56 bits per heavy atom.